The molecule has 0 radical (unpaired) electrons. The second kappa shape index (κ2) is 5.37. The summed E-state index contributed by atoms with van der Waals surface area (Å²) < 4.78 is 4.50. The summed E-state index contributed by atoms with van der Waals surface area (Å²) in [4.78, 5) is 9.97. The molecule has 4 nitrogen and oxygen atoms in total. The van der Waals surface area contributed by atoms with Crippen molar-refractivity contribution in [3.63, 3.8) is 0 Å². The van der Waals surface area contributed by atoms with Gasteiger partial charge in [-0.1, -0.05) is 0 Å². The molecule has 0 aromatic carbocycles. The van der Waals surface area contributed by atoms with Crippen molar-refractivity contribution < 1.29 is 14.3 Å². The normalized spacial score (nSPS) is 14.8. The lowest BCUT2D eigenvalue weighted by Crippen LogP contribution is -2.03. The zero-order valence-electron chi connectivity index (χ0n) is 7.32. The number of furan rings is 1. The quantitative estimate of drug-likeness (QED) is 0.689. The molecule has 4 heteroatoms. The average molecular weight is 183 g/mol. The average Bonchev–Trinajstić information content (AvgIpc) is 2.82. The van der Waals surface area contributed by atoms with Crippen molar-refractivity contribution in [1.82, 2.24) is 5.32 Å². The van der Waals surface area contributed by atoms with E-state index in [-0.39, 0.29) is 5.76 Å². The predicted octanol–water partition coefficient (Wildman–Crippen LogP) is 1.35. The first-order chi connectivity index (χ1) is 6.30. The Hall–Kier alpha value is -1.29. The fourth-order valence-electron chi connectivity index (χ4n) is 1.03. The van der Waals surface area contributed by atoms with E-state index >= 15 is 0 Å². The molecule has 0 aliphatic carbocycles. The summed E-state index contributed by atoms with van der Waals surface area (Å²) in [6, 6.07) is 2.92. The van der Waals surface area contributed by atoms with Crippen LogP contribution in [0.2, 0.25) is 0 Å². The Morgan fingerprint density at radius 2 is 2.15 bits per heavy atom. The van der Waals surface area contributed by atoms with Gasteiger partial charge in [-0.3, -0.25) is 0 Å². The summed E-state index contributed by atoms with van der Waals surface area (Å²) in [5.74, 6) is -1.06. The Labute approximate surface area is 76.6 Å². The maximum atomic E-state index is 9.97. The van der Waals surface area contributed by atoms with Crippen LogP contribution in [0.4, 0.5) is 0 Å². The van der Waals surface area contributed by atoms with Gasteiger partial charge in [0.05, 0.1) is 6.26 Å². The molecule has 1 saturated heterocycles. The Balaban J connectivity index is 0.000000145. The Bertz CT molecular complexity index is 232. The smallest absolute Gasteiger partial charge is 0.371 e. The molecule has 1 aliphatic heterocycles. The third kappa shape index (κ3) is 3.75. The van der Waals surface area contributed by atoms with Crippen LogP contribution in [-0.4, -0.2) is 24.2 Å². The molecule has 0 bridgehead atoms. The lowest BCUT2D eigenvalue weighted by molar-refractivity contribution is 0.0662. The standard InChI is InChI=1S/C5H4O3.C4H9N/c6-5(7)4-2-1-3-8-4;1-2-4-5-3-1/h1-3H,(H,6,7);5H,1-4H2. The Morgan fingerprint density at radius 1 is 1.46 bits per heavy atom. The van der Waals surface area contributed by atoms with Gasteiger partial charge in [0.15, 0.2) is 0 Å². The van der Waals surface area contributed by atoms with E-state index in [1.807, 2.05) is 0 Å². The minimum Gasteiger partial charge on any atom is -0.475 e. The van der Waals surface area contributed by atoms with Crippen molar-refractivity contribution in [3.8, 4) is 0 Å². The third-order valence-electron chi connectivity index (χ3n) is 1.69. The second-order valence-electron chi connectivity index (χ2n) is 2.74. The van der Waals surface area contributed by atoms with Crippen LogP contribution >= 0.6 is 0 Å². The molecule has 0 spiro atoms. The highest BCUT2D eigenvalue weighted by Crippen LogP contribution is 1.97. The molecule has 0 atom stereocenters. The molecule has 2 N–H and O–H groups in total. The molecule has 0 saturated carbocycles. The molecule has 1 aliphatic rings. The summed E-state index contributed by atoms with van der Waals surface area (Å²) in [5.41, 5.74) is 0. The highest BCUT2D eigenvalue weighted by molar-refractivity contribution is 5.84. The third-order valence-corrected chi connectivity index (χ3v) is 1.69. The summed E-state index contributed by atoms with van der Waals surface area (Å²) in [6.07, 6.45) is 4.10. The number of hydrogen-bond donors (Lipinski definition) is 2. The van der Waals surface area contributed by atoms with Crippen LogP contribution in [-0.2, 0) is 0 Å². The van der Waals surface area contributed by atoms with Gasteiger partial charge in [0, 0.05) is 0 Å². The highest BCUT2D eigenvalue weighted by Gasteiger charge is 2.01. The van der Waals surface area contributed by atoms with E-state index < -0.39 is 5.97 Å². The molecule has 72 valence electrons. The molecule has 2 heterocycles. The second-order valence-corrected chi connectivity index (χ2v) is 2.74. The van der Waals surface area contributed by atoms with Crippen LogP contribution in [0.3, 0.4) is 0 Å². The van der Waals surface area contributed by atoms with Crippen LogP contribution in [0.5, 0.6) is 0 Å². The molecule has 2 rings (SSSR count). The van der Waals surface area contributed by atoms with E-state index in [4.69, 9.17) is 5.11 Å². The number of carbonyl (C=O) groups is 1. The minimum atomic E-state index is -1.03. The largest absolute Gasteiger partial charge is 0.475 e. The highest BCUT2D eigenvalue weighted by atomic mass is 16.4. The monoisotopic (exact) mass is 183 g/mol. The number of carboxylic acids is 1. The minimum absolute atomic E-state index is 0.0231. The number of aromatic carboxylic acids is 1. The zero-order chi connectivity index (χ0) is 9.52. The van der Waals surface area contributed by atoms with Crippen molar-refractivity contribution in [2.24, 2.45) is 0 Å². The Morgan fingerprint density at radius 3 is 2.38 bits per heavy atom. The van der Waals surface area contributed by atoms with Crippen LogP contribution < -0.4 is 5.32 Å². The fraction of sp³-hybridized carbons (Fsp3) is 0.444. The summed E-state index contributed by atoms with van der Waals surface area (Å²) in [5, 5.41) is 11.4. The van der Waals surface area contributed by atoms with Crippen molar-refractivity contribution in [2.75, 3.05) is 13.1 Å². The van der Waals surface area contributed by atoms with Gasteiger partial charge in [0.1, 0.15) is 0 Å². The molecule has 1 aromatic heterocycles. The number of nitrogens with one attached hydrogen (secondary N) is 1. The van der Waals surface area contributed by atoms with Gasteiger partial charge in [-0.25, -0.2) is 4.79 Å². The van der Waals surface area contributed by atoms with Crippen LogP contribution in [0.25, 0.3) is 0 Å². The summed E-state index contributed by atoms with van der Waals surface area (Å²) in [7, 11) is 0. The molecule has 0 unspecified atom stereocenters. The topological polar surface area (TPSA) is 62.5 Å². The van der Waals surface area contributed by atoms with Gasteiger partial charge in [0.25, 0.3) is 0 Å². The first kappa shape index (κ1) is 9.80. The van der Waals surface area contributed by atoms with E-state index in [1.54, 1.807) is 0 Å². The fourth-order valence-corrected chi connectivity index (χ4v) is 1.03. The maximum Gasteiger partial charge on any atom is 0.371 e. The van der Waals surface area contributed by atoms with E-state index in [9.17, 15) is 4.79 Å². The molecular weight excluding hydrogens is 170 g/mol. The van der Waals surface area contributed by atoms with Crippen molar-refractivity contribution in [2.45, 2.75) is 12.8 Å². The van der Waals surface area contributed by atoms with E-state index in [2.05, 4.69) is 9.73 Å². The first-order valence-corrected chi connectivity index (χ1v) is 4.28. The van der Waals surface area contributed by atoms with Crippen molar-refractivity contribution in [3.05, 3.63) is 24.2 Å². The van der Waals surface area contributed by atoms with Gasteiger partial charge in [-0.2, -0.15) is 0 Å². The molecule has 13 heavy (non-hydrogen) atoms. The molecule has 0 amide bonds. The van der Waals surface area contributed by atoms with Gasteiger partial charge in [-0.05, 0) is 38.1 Å². The van der Waals surface area contributed by atoms with Gasteiger partial charge >= 0.3 is 5.97 Å². The van der Waals surface area contributed by atoms with Crippen LogP contribution in [0.15, 0.2) is 22.8 Å². The predicted molar refractivity (Wildman–Crippen MR) is 47.8 cm³/mol. The van der Waals surface area contributed by atoms with Gasteiger partial charge in [-0.15, -0.1) is 0 Å². The summed E-state index contributed by atoms with van der Waals surface area (Å²) in [6.45, 7) is 2.50. The molecule has 1 fully saturated rings. The number of carboxylic acid groups (broad SMARTS) is 1. The van der Waals surface area contributed by atoms with E-state index in [0.717, 1.165) is 0 Å². The van der Waals surface area contributed by atoms with Crippen molar-refractivity contribution >= 4 is 5.97 Å². The Kier molecular flexibility index (Phi) is 4.05. The molecular formula is C9H13NO3. The lowest BCUT2D eigenvalue weighted by atomic mass is 10.4. The maximum absolute atomic E-state index is 9.97. The van der Waals surface area contributed by atoms with Gasteiger partial charge < -0.3 is 14.8 Å². The molecule has 1 aromatic rings. The van der Waals surface area contributed by atoms with E-state index in [0.29, 0.717) is 0 Å². The van der Waals surface area contributed by atoms with Crippen LogP contribution in [0, 0.1) is 0 Å². The lowest BCUT2D eigenvalue weighted by Gasteiger charge is -1.79. The summed E-state index contributed by atoms with van der Waals surface area (Å²) >= 11 is 0. The van der Waals surface area contributed by atoms with E-state index in [1.165, 1.54) is 44.3 Å². The zero-order valence-corrected chi connectivity index (χ0v) is 7.32. The first-order valence-electron chi connectivity index (χ1n) is 4.28. The SMILES string of the molecule is C1CCNC1.O=C(O)c1ccco1. The van der Waals surface area contributed by atoms with Crippen LogP contribution in [0.1, 0.15) is 23.4 Å². The van der Waals surface area contributed by atoms with Crippen molar-refractivity contribution in [1.29, 1.82) is 0 Å². The van der Waals surface area contributed by atoms with Gasteiger partial charge in [0.2, 0.25) is 5.76 Å². The number of rotatable bonds is 1. The number of hydrogen-bond acceptors (Lipinski definition) is 3.